The summed E-state index contributed by atoms with van der Waals surface area (Å²) < 4.78 is 4.70. The molecule has 0 radical (unpaired) electrons. The molecule has 0 N–H and O–H groups in total. The maximum Gasteiger partial charge on any atom is 0.261 e. The first kappa shape index (κ1) is 11.5. The summed E-state index contributed by atoms with van der Waals surface area (Å²) in [4.78, 5) is 0. The third-order valence-corrected chi connectivity index (χ3v) is 4.24. The van der Waals surface area contributed by atoms with Crippen molar-refractivity contribution in [2.24, 2.45) is 7.05 Å². The van der Waals surface area contributed by atoms with Crippen molar-refractivity contribution in [3.63, 3.8) is 0 Å². The van der Waals surface area contributed by atoms with Gasteiger partial charge in [-0.3, -0.25) is 0 Å². The van der Waals surface area contributed by atoms with Gasteiger partial charge >= 0.3 is 0 Å². The standard InChI is InChI=1S/C18H17N2/c1-19-17(14-7-3-2-4-8-14)13-20-12-16-10-6-5-9-15(16)11-18(19)20/h2-10,13H,11-12H2,1H3/q+1. The molecule has 1 aliphatic heterocycles. The van der Waals surface area contributed by atoms with E-state index in [0.29, 0.717) is 0 Å². The molecule has 98 valence electrons. The van der Waals surface area contributed by atoms with E-state index in [1.165, 1.54) is 28.2 Å². The summed E-state index contributed by atoms with van der Waals surface area (Å²) in [5, 5.41) is 0. The van der Waals surface area contributed by atoms with Crippen LogP contribution in [0.25, 0.3) is 11.3 Å². The Balaban J connectivity index is 1.84. The Labute approximate surface area is 118 Å². The lowest BCUT2D eigenvalue weighted by molar-refractivity contribution is -0.697. The molecule has 2 aromatic carbocycles. The van der Waals surface area contributed by atoms with Crippen molar-refractivity contribution < 1.29 is 4.57 Å². The van der Waals surface area contributed by atoms with Crippen LogP contribution in [-0.4, -0.2) is 4.57 Å². The molecule has 3 aromatic rings. The van der Waals surface area contributed by atoms with Crippen LogP contribution in [0.4, 0.5) is 0 Å². The van der Waals surface area contributed by atoms with Gasteiger partial charge in [0, 0.05) is 5.56 Å². The second kappa shape index (κ2) is 4.34. The number of rotatable bonds is 1. The van der Waals surface area contributed by atoms with Gasteiger partial charge in [-0.25, -0.2) is 9.13 Å². The van der Waals surface area contributed by atoms with E-state index < -0.39 is 0 Å². The van der Waals surface area contributed by atoms with Crippen LogP contribution in [0.15, 0.2) is 60.8 Å². The summed E-state index contributed by atoms with van der Waals surface area (Å²) in [7, 11) is 2.17. The van der Waals surface area contributed by atoms with Gasteiger partial charge in [0.1, 0.15) is 12.7 Å². The molecule has 0 spiro atoms. The molecule has 0 amide bonds. The smallest absolute Gasteiger partial charge is 0.230 e. The minimum atomic E-state index is 0.978. The second-order valence-corrected chi connectivity index (χ2v) is 5.43. The Morgan fingerprint density at radius 2 is 1.60 bits per heavy atom. The van der Waals surface area contributed by atoms with E-state index in [2.05, 4.69) is 77.0 Å². The minimum absolute atomic E-state index is 0.978. The molecule has 1 aliphatic rings. The number of aromatic nitrogens is 2. The van der Waals surface area contributed by atoms with Gasteiger partial charge in [0.2, 0.25) is 0 Å². The zero-order valence-corrected chi connectivity index (χ0v) is 11.6. The normalized spacial score (nSPS) is 12.8. The first-order valence-electron chi connectivity index (χ1n) is 7.03. The van der Waals surface area contributed by atoms with Crippen molar-refractivity contribution in [2.75, 3.05) is 0 Å². The maximum atomic E-state index is 2.38. The lowest BCUT2D eigenvalue weighted by Gasteiger charge is -2.13. The van der Waals surface area contributed by atoms with Crippen LogP contribution in [0, 0.1) is 0 Å². The van der Waals surface area contributed by atoms with Crippen LogP contribution in [0.5, 0.6) is 0 Å². The van der Waals surface area contributed by atoms with E-state index in [-0.39, 0.29) is 0 Å². The Bertz CT molecular complexity index is 769. The van der Waals surface area contributed by atoms with E-state index in [1.54, 1.807) is 0 Å². The number of hydrogen-bond acceptors (Lipinski definition) is 0. The van der Waals surface area contributed by atoms with E-state index >= 15 is 0 Å². The molecule has 0 saturated heterocycles. The Morgan fingerprint density at radius 1 is 0.900 bits per heavy atom. The molecule has 2 nitrogen and oxygen atoms in total. The molecule has 0 saturated carbocycles. The Kier molecular flexibility index (Phi) is 2.49. The fraction of sp³-hybridized carbons (Fsp3) is 0.167. The highest BCUT2D eigenvalue weighted by molar-refractivity contribution is 5.58. The lowest BCUT2D eigenvalue weighted by atomic mass is 10.0. The van der Waals surface area contributed by atoms with E-state index in [9.17, 15) is 0 Å². The Hall–Kier alpha value is -2.35. The van der Waals surface area contributed by atoms with Gasteiger partial charge in [-0.2, -0.15) is 0 Å². The molecule has 20 heavy (non-hydrogen) atoms. The highest BCUT2D eigenvalue weighted by Gasteiger charge is 2.26. The third-order valence-electron chi connectivity index (χ3n) is 4.24. The number of imidazole rings is 1. The van der Waals surface area contributed by atoms with Crippen LogP contribution >= 0.6 is 0 Å². The van der Waals surface area contributed by atoms with E-state index in [4.69, 9.17) is 0 Å². The molecular formula is C18H17N2+. The highest BCUT2D eigenvalue weighted by atomic mass is 15.2. The van der Waals surface area contributed by atoms with Crippen molar-refractivity contribution in [1.29, 1.82) is 0 Å². The number of nitrogens with zero attached hydrogens (tertiary/aromatic N) is 2. The van der Waals surface area contributed by atoms with Crippen LogP contribution in [0.3, 0.4) is 0 Å². The molecule has 2 heterocycles. The first-order valence-corrected chi connectivity index (χ1v) is 7.03. The maximum absolute atomic E-state index is 2.38. The van der Waals surface area contributed by atoms with Crippen LogP contribution in [0.1, 0.15) is 17.0 Å². The third kappa shape index (κ3) is 1.68. The largest absolute Gasteiger partial charge is 0.261 e. The fourth-order valence-corrected chi connectivity index (χ4v) is 3.11. The van der Waals surface area contributed by atoms with Crippen molar-refractivity contribution >= 4 is 0 Å². The van der Waals surface area contributed by atoms with Gasteiger partial charge in [-0.1, -0.05) is 54.6 Å². The molecule has 4 rings (SSSR count). The predicted octanol–water partition coefficient (Wildman–Crippen LogP) is 2.93. The quantitative estimate of drug-likeness (QED) is 0.466. The highest BCUT2D eigenvalue weighted by Crippen LogP contribution is 2.23. The van der Waals surface area contributed by atoms with Gasteiger partial charge in [0.25, 0.3) is 5.82 Å². The average molecular weight is 261 g/mol. The van der Waals surface area contributed by atoms with Gasteiger partial charge in [-0.05, 0) is 11.1 Å². The molecule has 0 unspecified atom stereocenters. The summed E-state index contributed by atoms with van der Waals surface area (Å²) in [5.41, 5.74) is 5.46. The summed E-state index contributed by atoms with van der Waals surface area (Å²) in [5.74, 6) is 1.38. The monoisotopic (exact) mass is 261 g/mol. The first-order chi connectivity index (χ1) is 9.83. The van der Waals surface area contributed by atoms with Crippen molar-refractivity contribution in [1.82, 2.24) is 4.57 Å². The topological polar surface area (TPSA) is 8.81 Å². The van der Waals surface area contributed by atoms with Crippen LogP contribution in [-0.2, 0) is 20.0 Å². The second-order valence-electron chi connectivity index (χ2n) is 5.43. The van der Waals surface area contributed by atoms with Crippen molar-refractivity contribution in [3.05, 3.63) is 77.7 Å². The summed E-state index contributed by atoms with van der Waals surface area (Å²) in [6, 6.07) is 19.4. The number of fused-ring (bicyclic) bond motifs is 2. The number of hydrogen-bond donors (Lipinski definition) is 0. The molecule has 1 aromatic heterocycles. The van der Waals surface area contributed by atoms with Crippen LogP contribution in [0.2, 0.25) is 0 Å². The van der Waals surface area contributed by atoms with Crippen molar-refractivity contribution in [2.45, 2.75) is 13.0 Å². The summed E-state index contributed by atoms with van der Waals surface area (Å²) >= 11 is 0. The zero-order valence-electron chi connectivity index (χ0n) is 11.6. The zero-order chi connectivity index (χ0) is 13.5. The molecule has 2 heteroatoms. The van der Waals surface area contributed by atoms with Crippen LogP contribution < -0.4 is 4.57 Å². The number of benzene rings is 2. The fourth-order valence-electron chi connectivity index (χ4n) is 3.11. The van der Waals surface area contributed by atoms with Crippen molar-refractivity contribution in [3.8, 4) is 11.3 Å². The SMILES string of the molecule is Cn1c(-c2ccccc2)c[n+]2c1Cc1ccccc1C2. The molecule has 0 bridgehead atoms. The van der Waals surface area contributed by atoms with Gasteiger partial charge in [-0.15, -0.1) is 0 Å². The van der Waals surface area contributed by atoms with E-state index in [1.807, 2.05) is 0 Å². The summed E-state index contributed by atoms with van der Waals surface area (Å²) in [6.07, 6.45) is 3.29. The molecular weight excluding hydrogens is 244 g/mol. The Morgan fingerprint density at radius 3 is 2.40 bits per heavy atom. The van der Waals surface area contributed by atoms with Gasteiger partial charge in [0.15, 0.2) is 5.69 Å². The minimum Gasteiger partial charge on any atom is -0.230 e. The van der Waals surface area contributed by atoms with E-state index in [0.717, 1.165) is 13.0 Å². The van der Waals surface area contributed by atoms with Gasteiger partial charge in [0.05, 0.1) is 13.5 Å². The lowest BCUT2D eigenvalue weighted by Crippen LogP contribution is -2.41. The van der Waals surface area contributed by atoms with Gasteiger partial charge < -0.3 is 0 Å². The molecule has 0 atom stereocenters. The molecule has 0 fully saturated rings. The molecule has 0 aliphatic carbocycles. The summed E-state index contributed by atoms with van der Waals surface area (Å²) in [6.45, 7) is 0.978. The average Bonchev–Trinajstić information content (AvgIpc) is 2.83. The predicted molar refractivity (Wildman–Crippen MR) is 79.4 cm³/mol.